The van der Waals surface area contributed by atoms with Gasteiger partial charge in [-0.3, -0.25) is 0 Å². The number of nitrogens with one attached hydrogen (secondary N) is 1. The molecule has 0 atom stereocenters. The molecular formula is C16H22FN. The number of benzene rings is 1. The first-order chi connectivity index (χ1) is 8.62. The Hall–Kier alpha value is -1.15. The van der Waals surface area contributed by atoms with Gasteiger partial charge in [-0.2, -0.15) is 0 Å². The van der Waals surface area contributed by atoms with E-state index in [1.54, 1.807) is 12.1 Å². The van der Waals surface area contributed by atoms with Crippen LogP contribution in [0.3, 0.4) is 0 Å². The molecule has 0 spiro atoms. The van der Waals surface area contributed by atoms with E-state index >= 15 is 0 Å². The maximum absolute atomic E-state index is 13.0. The van der Waals surface area contributed by atoms with Gasteiger partial charge in [0.25, 0.3) is 0 Å². The van der Waals surface area contributed by atoms with Gasteiger partial charge in [0.2, 0.25) is 0 Å². The van der Waals surface area contributed by atoms with E-state index in [1.165, 1.54) is 5.56 Å². The molecule has 0 fully saturated rings. The highest BCUT2D eigenvalue weighted by Gasteiger charge is 2.32. The van der Waals surface area contributed by atoms with Crippen molar-refractivity contribution in [1.82, 2.24) is 5.32 Å². The predicted octanol–water partition coefficient (Wildman–Crippen LogP) is 3.66. The average molecular weight is 247 g/mol. The third-order valence-electron chi connectivity index (χ3n) is 3.66. The quantitative estimate of drug-likeness (QED) is 0.783. The second-order valence-electron chi connectivity index (χ2n) is 5.69. The normalized spacial score (nSPS) is 17.6. The minimum Gasteiger partial charge on any atom is -0.316 e. The summed E-state index contributed by atoms with van der Waals surface area (Å²) in [4.78, 5) is 0. The van der Waals surface area contributed by atoms with E-state index in [0.29, 0.717) is 5.92 Å². The monoisotopic (exact) mass is 247 g/mol. The maximum atomic E-state index is 13.0. The topological polar surface area (TPSA) is 12.0 Å². The fourth-order valence-corrected chi connectivity index (χ4v) is 2.59. The number of hydrogen-bond donors (Lipinski definition) is 1. The zero-order chi connectivity index (χ0) is 13.0. The SMILES string of the molecule is CC(C)CNCC1(c2ccc(F)cc2)CC=CC1. The van der Waals surface area contributed by atoms with Gasteiger partial charge in [0.05, 0.1) is 0 Å². The first-order valence-corrected chi connectivity index (χ1v) is 6.74. The lowest BCUT2D eigenvalue weighted by molar-refractivity contribution is 0.402. The molecule has 98 valence electrons. The highest BCUT2D eigenvalue weighted by Crippen LogP contribution is 2.36. The Morgan fingerprint density at radius 1 is 1.17 bits per heavy atom. The van der Waals surface area contributed by atoms with Crippen molar-refractivity contribution in [2.75, 3.05) is 13.1 Å². The van der Waals surface area contributed by atoms with Crippen LogP contribution in [0.25, 0.3) is 0 Å². The summed E-state index contributed by atoms with van der Waals surface area (Å²) in [6.07, 6.45) is 6.56. The zero-order valence-corrected chi connectivity index (χ0v) is 11.2. The molecule has 0 saturated carbocycles. The van der Waals surface area contributed by atoms with E-state index in [2.05, 4.69) is 31.3 Å². The van der Waals surface area contributed by atoms with Crippen LogP contribution < -0.4 is 5.32 Å². The zero-order valence-electron chi connectivity index (χ0n) is 11.2. The molecule has 0 aromatic heterocycles. The lowest BCUT2D eigenvalue weighted by Gasteiger charge is -2.30. The van der Waals surface area contributed by atoms with Crippen molar-refractivity contribution >= 4 is 0 Å². The number of rotatable bonds is 5. The van der Waals surface area contributed by atoms with Gasteiger partial charge in [0.1, 0.15) is 5.82 Å². The van der Waals surface area contributed by atoms with Gasteiger partial charge in [-0.25, -0.2) is 4.39 Å². The lowest BCUT2D eigenvalue weighted by Crippen LogP contribution is -2.37. The minimum atomic E-state index is -0.157. The third kappa shape index (κ3) is 2.99. The van der Waals surface area contributed by atoms with Gasteiger partial charge < -0.3 is 5.32 Å². The van der Waals surface area contributed by atoms with Crippen LogP contribution in [-0.4, -0.2) is 13.1 Å². The Morgan fingerprint density at radius 2 is 1.78 bits per heavy atom. The maximum Gasteiger partial charge on any atom is 0.123 e. The molecule has 0 unspecified atom stereocenters. The van der Waals surface area contributed by atoms with Crippen LogP contribution in [0.5, 0.6) is 0 Å². The lowest BCUT2D eigenvalue weighted by atomic mass is 9.78. The average Bonchev–Trinajstić information content (AvgIpc) is 2.79. The molecule has 1 aliphatic carbocycles. The van der Waals surface area contributed by atoms with Gasteiger partial charge in [-0.15, -0.1) is 0 Å². The molecule has 2 heteroatoms. The molecule has 1 nitrogen and oxygen atoms in total. The van der Waals surface area contributed by atoms with Gasteiger partial charge in [-0.05, 0) is 43.0 Å². The fourth-order valence-electron chi connectivity index (χ4n) is 2.59. The van der Waals surface area contributed by atoms with Gasteiger partial charge in [0.15, 0.2) is 0 Å². The summed E-state index contributed by atoms with van der Waals surface area (Å²) in [5.74, 6) is 0.500. The molecule has 0 amide bonds. The molecule has 0 aliphatic heterocycles. The van der Waals surface area contributed by atoms with Crippen LogP contribution in [-0.2, 0) is 5.41 Å². The Kier molecular flexibility index (Phi) is 4.18. The highest BCUT2D eigenvalue weighted by atomic mass is 19.1. The van der Waals surface area contributed by atoms with Crippen molar-refractivity contribution in [3.05, 3.63) is 47.8 Å². The number of allylic oxidation sites excluding steroid dienone is 2. The first kappa shape index (κ1) is 13.3. The van der Waals surface area contributed by atoms with Crippen molar-refractivity contribution in [1.29, 1.82) is 0 Å². The largest absolute Gasteiger partial charge is 0.316 e. The molecule has 1 aromatic carbocycles. The number of hydrogen-bond acceptors (Lipinski definition) is 1. The summed E-state index contributed by atoms with van der Waals surface area (Å²) < 4.78 is 13.0. The van der Waals surface area contributed by atoms with E-state index in [9.17, 15) is 4.39 Å². The Labute approximate surface area is 109 Å². The van der Waals surface area contributed by atoms with Crippen molar-refractivity contribution < 1.29 is 4.39 Å². The molecule has 0 bridgehead atoms. The summed E-state index contributed by atoms with van der Waals surface area (Å²) >= 11 is 0. The van der Waals surface area contributed by atoms with Crippen LogP contribution in [0.15, 0.2) is 36.4 Å². The van der Waals surface area contributed by atoms with Crippen LogP contribution in [0, 0.1) is 11.7 Å². The second kappa shape index (κ2) is 5.66. The van der Waals surface area contributed by atoms with Gasteiger partial charge in [0, 0.05) is 12.0 Å². The van der Waals surface area contributed by atoms with Crippen LogP contribution in [0.1, 0.15) is 32.3 Å². The molecule has 1 N–H and O–H groups in total. The van der Waals surface area contributed by atoms with Crippen molar-refractivity contribution in [2.24, 2.45) is 5.92 Å². The third-order valence-corrected chi connectivity index (χ3v) is 3.66. The summed E-state index contributed by atoms with van der Waals surface area (Å²) in [5.41, 5.74) is 1.37. The molecule has 2 rings (SSSR count). The predicted molar refractivity (Wildman–Crippen MR) is 74.2 cm³/mol. The van der Waals surface area contributed by atoms with Gasteiger partial charge in [-0.1, -0.05) is 38.1 Å². The van der Waals surface area contributed by atoms with Gasteiger partial charge >= 0.3 is 0 Å². The second-order valence-corrected chi connectivity index (χ2v) is 5.69. The van der Waals surface area contributed by atoms with E-state index in [1.807, 2.05) is 12.1 Å². The summed E-state index contributed by atoms with van der Waals surface area (Å²) in [6.45, 7) is 6.42. The molecule has 18 heavy (non-hydrogen) atoms. The van der Waals surface area contributed by atoms with Crippen molar-refractivity contribution in [3.63, 3.8) is 0 Å². The highest BCUT2D eigenvalue weighted by molar-refractivity contribution is 5.31. The van der Waals surface area contributed by atoms with Crippen LogP contribution >= 0.6 is 0 Å². The van der Waals surface area contributed by atoms with Crippen molar-refractivity contribution in [3.8, 4) is 0 Å². The first-order valence-electron chi connectivity index (χ1n) is 6.74. The summed E-state index contributed by atoms with van der Waals surface area (Å²) in [7, 11) is 0. The Morgan fingerprint density at radius 3 is 2.33 bits per heavy atom. The van der Waals surface area contributed by atoms with E-state index in [4.69, 9.17) is 0 Å². The summed E-state index contributed by atoms with van der Waals surface area (Å²) in [5, 5.41) is 3.55. The molecule has 0 heterocycles. The number of halogens is 1. The van der Waals surface area contributed by atoms with Crippen LogP contribution in [0.4, 0.5) is 4.39 Å². The molecule has 1 aromatic rings. The molecule has 0 radical (unpaired) electrons. The smallest absolute Gasteiger partial charge is 0.123 e. The van der Waals surface area contributed by atoms with Crippen LogP contribution in [0.2, 0.25) is 0 Å². The minimum absolute atomic E-state index is 0.128. The Balaban J connectivity index is 2.09. The molecule has 0 saturated heterocycles. The molecule has 1 aliphatic rings. The van der Waals surface area contributed by atoms with E-state index in [-0.39, 0.29) is 11.2 Å². The van der Waals surface area contributed by atoms with E-state index in [0.717, 1.165) is 25.9 Å². The standard InChI is InChI=1S/C16H22FN/c1-13(2)11-18-12-16(9-3-4-10-16)14-5-7-15(17)8-6-14/h3-8,13,18H,9-12H2,1-2H3. The Bertz CT molecular complexity index is 398. The fraction of sp³-hybridized carbons (Fsp3) is 0.500. The van der Waals surface area contributed by atoms with E-state index < -0.39 is 0 Å². The van der Waals surface area contributed by atoms with Crippen molar-refractivity contribution in [2.45, 2.75) is 32.1 Å². The summed E-state index contributed by atoms with van der Waals surface area (Å²) in [6, 6.07) is 6.99. The molecular weight excluding hydrogens is 225 g/mol.